The summed E-state index contributed by atoms with van der Waals surface area (Å²) in [6.07, 6.45) is 4.31. The van der Waals surface area contributed by atoms with Gasteiger partial charge in [-0.15, -0.1) is 0 Å². The summed E-state index contributed by atoms with van der Waals surface area (Å²) in [4.78, 5) is 13.4. The van der Waals surface area contributed by atoms with E-state index in [-0.39, 0.29) is 17.9 Å². The van der Waals surface area contributed by atoms with Crippen LogP contribution in [-0.4, -0.2) is 30.0 Å². The summed E-state index contributed by atoms with van der Waals surface area (Å²) in [6, 6.07) is 8.34. The average Bonchev–Trinajstić information content (AvgIpc) is 2.87. The minimum atomic E-state index is -0.203. The summed E-state index contributed by atoms with van der Waals surface area (Å²) in [7, 11) is 0. The molecule has 1 amide bonds. The molecule has 0 bridgehead atoms. The van der Waals surface area contributed by atoms with Crippen LogP contribution in [-0.2, 0) is 11.3 Å². The quantitative estimate of drug-likeness (QED) is 0.892. The number of ether oxygens (including phenoxy) is 1. The third-order valence-electron chi connectivity index (χ3n) is 4.33. The number of nitrogens with zero attached hydrogens (tertiary/aromatic N) is 1. The molecular weight excluding hydrogens is 252 g/mol. The molecule has 1 heterocycles. The summed E-state index contributed by atoms with van der Waals surface area (Å²) in [6.45, 7) is 3.47. The molecule has 3 rings (SSSR count). The van der Waals surface area contributed by atoms with Crippen molar-refractivity contribution >= 4 is 5.91 Å². The highest BCUT2D eigenvalue weighted by Gasteiger charge is 2.34. The van der Waals surface area contributed by atoms with Crippen LogP contribution in [0.25, 0.3) is 0 Å². The fourth-order valence-corrected chi connectivity index (χ4v) is 2.96. The smallest absolute Gasteiger partial charge is 0.220 e. The van der Waals surface area contributed by atoms with E-state index in [9.17, 15) is 4.79 Å². The molecule has 2 N–H and O–H groups in total. The number of rotatable bonds is 5. The number of primary amides is 1. The molecule has 1 aliphatic carbocycles. The third-order valence-corrected chi connectivity index (χ3v) is 4.33. The van der Waals surface area contributed by atoms with Crippen molar-refractivity contribution in [2.75, 3.05) is 13.1 Å². The molecule has 4 heteroatoms. The molecule has 0 unspecified atom stereocenters. The number of likely N-dealkylation sites (tertiary alicyclic amines) is 1. The fourth-order valence-electron chi connectivity index (χ4n) is 2.96. The summed E-state index contributed by atoms with van der Waals surface area (Å²) in [5, 5.41) is 0. The summed E-state index contributed by atoms with van der Waals surface area (Å²) in [5.74, 6) is 0.698. The molecule has 1 aromatic rings. The predicted molar refractivity (Wildman–Crippen MR) is 77.3 cm³/mol. The van der Waals surface area contributed by atoms with Crippen LogP contribution in [0.2, 0.25) is 0 Å². The molecule has 0 spiro atoms. The Morgan fingerprint density at radius 3 is 2.45 bits per heavy atom. The van der Waals surface area contributed by atoms with Gasteiger partial charge in [-0.2, -0.15) is 0 Å². The van der Waals surface area contributed by atoms with Crippen LogP contribution in [0.1, 0.15) is 31.2 Å². The minimum absolute atomic E-state index is 0.00874. The Hall–Kier alpha value is -1.55. The first-order chi connectivity index (χ1) is 9.70. The Morgan fingerprint density at radius 1 is 1.20 bits per heavy atom. The van der Waals surface area contributed by atoms with E-state index in [4.69, 9.17) is 10.5 Å². The maximum atomic E-state index is 11.0. The maximum absolute atomic E-state index is 11.0. The Labute approximate surface area is 119 Å². The first-order valence-electron chi connectivity index (χ1n) is 7.48. The molecular formula is C16H22N2O2. The SMILES string of the molecule is NC(=O)C1CC(Oc2ccc(CN3CCCC3)cc2)C1. The number of carbonyl (C=O) groups is 1. The van der Waals surface area contributed by atoms with Gasteiger partial charge >= 0.3 is 0 Å². The molecule has 2 aliphatic rings. The molecule has 2 fully saturated rings. The number of hydrogen-bond donors (Lipinski definition) is 1. The average molecular weight is 274 g/mol. The molecule has 1 aromatic carbocycles. The van der Waals surface area contributed by atoms with Crippen LogP contribution < -0.4 is 10.5 Å². The highest BCUT2D eigenvalue weighted by atomic mass is 16.5. The zero-order valence-electron chi connectivity index (χ0n) is 11.8. The summed E-state index contributed by atoms with van der Waals surface area (Å²) < 4.78 is 5.83. The normalized spacial score (nSPS) is 26.2. The van der Waals surface area contributed by atoms with Gasteiger partial charge in [-0.1, -0.05) is 12.1 Å². The van der Waals surface area contributed by atoms with Gasteiger partial charge in [0, 0.05) is 12.5 Å². The van der Waals surface area contributed by atoms with E-state index < -0.39 is 0 Å². The number of nitrogens with two attached hydrogens (primary N) is 1. The predicted octanol–water partition coefficient (Wildman–Crippen LogP) is 1.93. The van der Waals surface area contributed by atoms with E-state index in [1.807, 2.05) is 12.1 Å². The van der Waals surface area contributed by atoms with Crippen LogP contribution in [0.4, 0.5) is 0 Å². The second-order valence-electron chi connectivity index (χ2n) is 5.94. The lowest BCUT2D eigenvalue weighted by Crippen LogP contribution is -2.41. The maximum Gasteiger partial charge on any atom is 0.220 e. The second kappa shape index (κ2) is 5.83. The van der Waals surface area contributed by atoms with Crippen molar-refractivity contribution in [2.24, 2.45) is 11.7 Å². The van der Waals surface area contributed by atoms with Crippen LogP contribution in [0.5, 0.6) is 5.75 Å². The van der Waals surface area contributed by atoms with E-state index >= 15 is 0 Å². The Bertz CT molecular complexity index is 460. The van der Waals surface area contributed by atoms with Crippen molar-refractivity contribution in [3.8, 4) is 5.75 Å². The highest BCUT2D eigenvalue weighted by molar-refractivity contribution is 5.77. The Kier molecular flexibility index (Phi) is 3.92. The van der Waals surface area contributed by atoms with Crippen LogP contribution in [0, 0.1) is 5.92 Å². The lowest BCUT2D eigenvalue weighted by molar-refractivity contribution is -0.127. The fraction of sp³-hybridized carbons (Fsp3) is 0.562. The van der Waals surface area contributed by atoms with Crippen molar-refractivity contribution in [1.82, 2.24) is 4.90 Å². The zero-order valence-corrected chi connectivity index (χ0v) is 11.8. The van der Waals surface area contributed by atoms with Crippen molar-refractivity contribution < 1.29 is 9.53 Å². The number of carbonyl (C=O) groups excluding carboxylic acids is 1. The van der Waals surface area contributed by atoms with E-state index in [2.05, 4.69) is 17.0 Å². The van der Waals surface area contributed by atoms with E-state index in [0.717, 1.165) is 25.1 Å². The van der Waals surface area contributed by atoms with Gasteiger partial charge in [0.25, 0.3) is 0 Å². The molecule has 20 heavy (non-hydrogen) atoms. The van der Waals surface area contributed by atoms with E-state index in [0.29, 0.717) is 0 Å². The van der Waals surface area contributed by atoms with Crippen molar-refractivity contribution in [1.29, 1.82) is 0 Å². The van der Waals surface area contributed by atoms with Crippen molar-refractivity contribution in [3.05, 3.63) is 29.8 Å². The Balaban J connectivity index is 1.48. The molecule has 4 nitrogen and oxygen atoms in total. The zero-order chi connectivity index (χ0) is 13.9. The first kappa shape index (κ1) is 13.4. The summed E-state index contributed by atoms with van der Waals surface area (Å²) >= 11 is 0. The Morgan fingerprint density at radius 2 is 1.85 bits per heavy atom. The van der Waals surface area contributed by atoms with Crippen LogP contribution in [0.15, 0.2) is 24.3 Å². The van der Waals surface area contributed by atoms with Gasteiger partial charge in [0.2, 0.25) is 5.91 Å². The van der Waals surface area contributed by atoms with Crippen molar-refractivity contribution in [2.45, 2.75) is 38.3 Å². The largest absolute Gasteiger partial charge is 0.490 e. The lowest BCUT2D eigenvalue weighted by atomic mass is 9.82. The standard InChI is InChI=1S/C16H22N2O2/c17-16(19)13-9-15(10-13)20-14-5-3-12(4-6-14)11-18-7-1-2-8-18/h3-6,13,15H,1-2,7-11H2,(H2,17,19). The highest BCUT2D eigenvalue weighted by Crippen LogP contribution is 2.31. The van der Waals surface area contributed by atoms with Gasteiger partial charge in [0.05, 0.1) is 0 Å². The molecule has 1 saturated heterocycles. The third kappa shape index (κ3) is 3.12. The van der Waals surface area contributed by atoms with Gasteiger partial charge in [0.15, 0.2) is 0 Å². The van der Waals surface area contributed by atoms with E-state index in [1.54, 1.807) is 0 Å². The van der Waals surface area contributed by atoms with Crippen LogP contribution >= 0.6 is 0 Å². The monoisotopic (exact) mass is 274 g/mol. The first-order valence-corrected chi connectivity index (χ1v) is 7.48. The number of amides is 1. The van der Waals surface area contributed by atoms with Gasteiger partial charge in [-0.25, -0.2) is 0 Å². The second-order valence-corrected chi connectivity index (χ2v) is 5.94. The van der Waals surface area contributed by atoms with Gasteiger partial charge in [-0.05, 0) is 56.5 Å². The molecule has 0 radical (unpaired) electrons. The number of hydrogen-bond acceptors (Lipinski definition) is 3. The van der Waals surface area contributed by atoms with Crippen molar-refractivity contribution in [3.63, 3.8) is 0 Å². The number of benzene rings is 1. The molecule has 0 atom stereocenters. The van der Waals surface area contributed by atoms with E-state index in [1.165, 1.54) is 31.5 Å². The summed E-state index contributed by atoms with van der Waals surface area (Å²) in [5.41, 5.74) is 6.59. The lowest BCUT2D eigenvalue weighted by Gasteiger charge is -2.33. The molecule has 0 aromatic heterocycles. The topological polar surface area (TPSA) is 55.6 Å². The van der Waals surface area contributed by atoms with Gasteiger partial charge < -0.3 is 10.5 Å². The minimum Gasteiger partial charge on any atom is -0.490 e. The van der Waals surface area contributed by atoms with Gasteiger partial charge in [0.1, 0.15) is 11.9 Å². The van der Waals surface area contributed by atoms with Crippen LogP contribution in [0.3, 0.4) is 0 Å². The molecule has 108 valence electrons. The van der Waals surface area contributed by atoms with Gasteiger partial charge in [-0.3, -0.25) is 9.69 Å². The molecule has 1 saturated carbocycles. The molecule has 1 aliphatic heterocycles.